The molecule has 0 aliphatic rings. The first-order valence-corrected chi connectivity index (χ1v) is 6.23. The van der Waals surface area contributed by atoms with E-state index in [-0.39, 0.29) is 11.9 Å². The quantitative estimate of drug-likeness (QED) is 0.806. The maximum absolute atomic E-state index is 11.6. The van der Waals surface area contributed by atoms with Crippen molar-refractivity contribution in [3.8, 4) is 5.75 Å². The normalized spacial score (nSPS) is 12.0. The SMILES string of the molecule is CCNC(=O)C(C)NCc1cc(C)ccc1OC. The third-order valence-electron chi connectivity index (χ3n) is 2.78. The molecule has 0 spiro atoms. The summed E-state index contributed by atoms with van der Waals surface area (Å²) in [4.78, 5) is 11.6. The monoisotopic (exact) mass is 250 g/mol. The molecule has 1 amide bonds. The summed E-state index contributed by atoms with van der Waals surface area (Å²) in [5, 5.41) is 5.98. The van der Waals surface area contributed by atoms with Crippen LogP contribution in [0.4, 0.5) is 0 Å². The Bertz CT molecular complexity index is 405. The van der Waals surface area contributed by atoms with E-state index in [4.69, 9.17) is 4.74 Å². The first kappa shape index (κ1) is 14.5. The minimum absolute atomic E-state index is 0.0177. The fourth-order valence-corrected chi connectivity index (χ4v) is 1.73. The van der Waals surface area contributed by atoms with E-state index in [1.165, 1.54) is 5.56 Å². The van der Waals surface area contributed by atoms with Crippen molar-refractivity contribution in [1.29, 1.82) is 0 Å². The number of carbonyl (C=O) groups is 1. The lowest BCUT2D eigenvalue weighted by molar-refractivity contribution is -0.122. The summed E-state index contributed by atoms with van der Waals surface area (Å²) in [6.45, 7) is 7.07. The molecule has 0 saturated heterocycles. The van der Waals surface area contributed by atoms with Gasteiger partial charge < -0.3 is 15.4 Å². The topological polar surface area (TPSA) is 50.4 Å². The molecule has 4 heteroatoms. The highest BCUT2D eigenvalue weighted by atomic mass is 16.5. The Morgan fingerprint density at radius 1 is 1.44 bits per heavy atom. The number of amides is 1. The fourth-order valence-electron chi connectivity index (χ4n) is 1.73. The number of hydrogen-bond acceptors (Lipinski definition) is 3. The highest BCUT2D eigenvalue weighted by molar-refractivity contribution is 5.81. The molecule has 1 rings (SSSR count). The number of aryl methyl sites for hydroxylation is 1. The van der Waals surface area contributed by atoms with E-state index in [0.717, 1.165) is 11.3 Å². The van der Waals surface area contributed by atoms with E-state index < -0.39 is 0 Å². The molecule has 2 N–H and O–H groups in total. The standard InChI is InChI=1S/C14H22N2O2/c1-5-15-14(17)11(3)16-9-12-8-10(2)6-7-13(12)18-4/h6-8,11,16H,5,9H2,1-4H3,(H,15,17). The second kappa shape index (κ2) is 7.01. The number of nitrogens with one attached hydrogen (secondary N) is 2. The van der Waals surface area contributed by atoms with E-state index in [1.807, 2.05) is 32.9 Å². The summed E-state index contributed by atoms with van der Waals surface area (Å²) in [5.41, 5.74) is 2.24. The van der Waals surface area contributed by atoms with Crippen molar-refractivity contribution in [1.82, 2.24) is 10.6 Å². The first-order valence-electron chi connectivity index (χ1n) is 6.23. The molecule has 0 aromatic heterocycles. The maximum Gasteiger partial charge on any atom is 0.236 e. The van der Waals surface area contributed by atoms with Gasteiger partial charge in [-0.15, -0.1) is 0 Å². The Labute approximate surface area is 109 Å². The van der Waals surface area contributed by atoms with E-state index in [2.05, 4.69) is 16.7 Å². The number of carbonyl (C=O) groups excluding carboxylic acids is 1. The average molecular weight is 250 g/mol. The number of rotatable bonds is 6. The van der Waals surface area contributed by atoms with Crippen LogP contribution < -0.4 is 15.4 Å². The van der Waals surface area contributed by atoms with Crippen LogP contribution in [-0.2, 0) is 11.3 Å². The van der Waals surface area contributed by atoms with Gasteiger partial charge in [-0.3, -0.25) is 4.79 Å². The van der Waals surface area contributed by atoms with Gasteiger partial charge in [-0.1, -0.05) is 17.7 Å². The van der Waals surface area contributed by atoms with Crippen molar-refractivity contribution in [3.63, 3.8) is 0 Å². The van der Waals surface area contributed by atoms with Crippen molar-refractivity contribution >= 4 is 5.91 Å². The van der Waals surface area contributed by atoms with Crippen LogP contribution in [0.1, 0.15) is 25.0 Å². The predicted molar refractivity (Wildman–Crippen MR) is 72.7 cm³/mol. The molecule has 1 atom stereocenters. The van der Waals surface area contributed by atoms with Crippen molar-refractivity contribution in [2.75, 3.05) is 13.7 Å². The summed E-state index contributed by atoms with van der Waals surface area (Å²) in [6, 6.07) is 5.81. The molecular weight excluding hydrogens is 228 g/mol. The summed E-state index contributed by atoms with van der Waals surface area (Å²) in [5.74, 6) is 0.861. The van der Waals surface area contributed by atoms with Gasteiger partial charge >= 0.3 is 0 Å². The van der Waals surface area contributed by atoms with E-state index >= 15 is 0 Å². The lowest BCUT2D eigenvalue weighted by atomic mass is 10.1. The van der Waals surface area contributed by atoms with E-state index in [1.54, 1.807) is 7.11 Å². The van der Waals surface area contributed by atoms with Gasteiger partial charge in [0.2, 0.25) is 5.91 Å². The third kappa shape index (κ3) is 4.04. The smallest absolute Gasteiger partial charge is 0.236 e. The Hall–Kier alpha value is -1.55. The molecule has 18 heavy (non-hydrogen) atoms. The Morgan fingerprint density at radius 2 is 2.17 bits per heavy atom. The van der Waals surface area contributed by atoms with Crippen molar-refractivity contribution in [3.05, 3.63) is 29.3 Å². The fraction of sp³-hybridized carbons (Fsp3) is 0.500. The minimum atomic E-state index is -0.213. The van der Waals surface area contributed by atoms with E-state index in [0.29, 0.717) is 13.1 Å². The van der Waals surface area contributed by atoms with Crippen LogP contribution in [0.3, 0.4) is 0 Å². The first-order chi connectivity index (χ1) is 8.58. The van der Waals surface area contributed by atoms with Crippen molar-refractivity contribution in [2.24, 2.45) is 0 Å². The molecular formula is C14H22N2O2. The number of ether oxygens (including phenoxy) is 1. The Morgan fingerprint density at radius 3 is 2.78 bits per heavy atom. The van der Waals surface area contributed by atoms with Gasteiger partial charge in [0.15, 0.2) is 0 Å². The van der Waals surface area contributed by atoms with Crippen LogP contribution in [0.2, 0.25) is 0 Å². The molecule has 100 valence electrons. The molecule has 1 aromatic rings. The number of hydrogen-bond donors (Lipinski definition) is 2. The number of likely N-dealkylation sites (N-methyl/N-ethyl adjacent to an activating group) is 1. The average Bonchev–Trinajstić information content (AvgIpc) is 2.36. The molecule has 1 unspecified atom stereocenters. The predicted octanol–water partition coefficient (Wildman–Crippen LogP) is 1.62. The van der Waals surface area contributed by atoms with Gasteiger partial charge in [-0.25, -0.2) is 0 Å². The van der Waals surface area contributed by atoms with Gasteiger partial charge in [-0.05, 0) is 26.8 Å². The summed E-state index contributed by atoms with van der Waals surface area (Å²) in [7, 11) is 1.65. The van der Waals surface area contributed by atoms with Crippen LogP contribution in [0.5, 0.6) is 5.75 Å². The van der Waals surface area contributed by atoms with Crippen LogP contribution in [0.15, 0.2) is 18.2 Å². The number of benzene rings is 1. The van der Waals surface area contributed by atoms with Crippen LogP contribution in [-0.4, -0.2) is 25.6 Å². The molecule has 0 aliphatic heterocycles. The Kier molecular flexibility index (Phi) is 5.65. The van der Waals surface area contributed by atoms with Gasteiger partial charge in [0.05, 0.1) is 13.2 Å². The van der Waals surface area contributed by atoms with Crippen molar-refractivity contribution < 1.29 is 9.53 Å². The summed E-state index contributed by atoms with van der Waals surface area (Å²) >= 11 is 0. The van der Waals surface area contributed by atoms with Crippen LogP contribution in [0.25, 0.3) is 0 Å². The minimum Gasteiger partial charge on any atom is -0.496 e. The maximum atomic E-state index is 11.6. The largest absolute Gasteiger partial charge is 0.496 e. The highest BCUT2D eigenvalue weighted by Gasteiger charge is 2.12. The lowest BCUT2D eigenvalue weighted by Gasteiger charge is -2.15. The molecule has 0 fully saturated rings. The lowest BCUT2D eigenvalue weighted by Crippen LogP contribution is -2.41. The zero-order chi connectivity index (χ0) is 13.5. The molecule has 0 radical (unpaired) electrons. The van der Waals surface area contributed by atoms with Crippen LogP contribution in [0, 0.1) is 6.92 Å². The van der Waals surface area contributed by atoms with Gasteiger partial charge in [0.25, 0.3) is 0 Å². The molecule has 0 aliphatic carbocycles. The molecule has 0 bridgehead atoms. The highest BCUT2D eigenvalue weighted by Crippen LogP contribution is 2.19. The molecule has 1 aromatic carbocycles. The molecule has 0 heterocycles. The van der Waals surface area contributed by atoms with E-state index in [9.17, 15) is 4.79 Å². The zero-order valence-corrected chi connectivity index (χ0v) is 11.5. The molecule has 4 nitrogen and oxygen atoms in total. The van der Waals surface area contributed by atoms with Crippen LogP contribution >= 0.6 is 0 Å². The second-order valence-electron chi connectivity index (χ2n) is 4.31. The van der Waals surface area contributed by atoms with Gasteiger partial charge in [0, 0.05) is 18.7 Å². The number of methoxy groups -OCH3 is 1. The van der Waals surface area contributed by atoms with Gasteiger partial charge in [-0.2, -0.15) is 0 Å². The summed E-state index contributed by atoms with van der Waals surface area (Å²) in [6.07, 6.45) is 0. The van der Waals surface area contributed by atoms with Gasteiger partial charge in [0.1, 0.15) is 5.75 Å². The zero-order valence-electron chi connectivity index (χ0n) is 11.5. The summed E-state index contributed by atoms with van der Waals surface area (Å²) < 4.78 is 5.30. The second-order valence-corrected chi connectivity index (χ2v) is 4.31. The Balaban J connectivity index is 2.62. The third-order valence-corrected chi connectivity index (χ3v) is 2.78. The van der Waals surface area contributed by atoms with Crippen molar-refractivity contribution in [2.45, 2.75) is 33.4 Å². The molecule has 0 saturated carbocycles.